The van der Waals surface area contributed by atoms with E-state index in [-0.39, 0.29) is 10.6 Å². The Hall–Kier alpha value is -1.00. The van der Waals surface area contributed by atoms with Gasteiger partial charge in [-0.1, -0.05) is 25.5 Å². The molecule has 1 aromatic carbocycles. The minimum atomic E-state index is -3.49. The first-order valence-corrected chi connectivity index (χ1v) is 11.6. The van der Waals surface area contributed by atoms with Crippen LogP contribution >= 0.6 is 0 Å². The number of hydrogen-bond acceptors (Lipinski definition) is 5. The molecule has 0 spiro atoms. The van der Waals surface area contributed by atoms with E-state index >= 15 is 0 Å². The van der Waals surface area contributed by atoms with Gasteiger partial charge in [0.2, 0.25) is 20.0 Å². The molecule has 0 unspecified atom stereocenters. The van der Waals surface area contributed by atoms with Crippen molar-refractivity contribution >= 4 is 20.0 Å². The summed E-state index contributed by atoms with van der Waals surface area (Å²) >= 11 is 0. The summed E-state index contributed by atoms with van der Waals surface area (Å²) in [5, 5.41) is 0. The molecule has 1 saturated heterocycles. The highest BCUT2D eigenvalue weighted by molar-refractivity contribution is 7.89. The van der Waals surface area contributed by atoms with Crippen molar-refractivity contribution in [1.29, 1.82) is 0 Å². The van der Waals surface area contributed by atoms with Gasteiger partial charge in [-0.05, 0) is 30.5 Å². The minimum Gasteiger partial charge on any atom is -0.379 e. The summed E-state index contributed by atoms with van der Waals surface area (Å²) in [5.41, 5.74) is 0.888. The van der Waals surface area contributed by atoms with Gasteiger partial charge < -0.3 is 4.74 Å². The summed E-state index contributed by atoms with van der Waals surface area (Å²) in [6.45, 7) is 3.81. The van der Waals surface area contributed by atoms with Crippen LogP contribution in [0.2, 0.25) is 0 Å². The molecule has 1 fully saturated rings. The Balaban J connectivity index is 1.91. The van der Waals surface area contributed by atoms with Crippen LogP contribution in [0.15, 0.2) is 29.2 Å². The molecule has 0 amide bonds. The Morgan fingerprint density at radius 2 is 1.72 bits per heavy atom. The maximum Gasteiger partial charge on any atom is 0.243 e. The molecule has 0 radical (unpaired) electrons. The van der Waals surface area contributed by atoms with E-state index in [1.165, 1.54) is 4.31 Å². The molecule has 0 aromatic heterocycles. The fourth-order valence-corrected chi connectivity index (χ4v) is 5.16. The Morgan fingerprint density at radius 3 is 2.32 bits per heavy atom. The summed E-state index contributed by atoms with van der Waals surface area (Å²) < 4.78 is 57.7. The first kappa shape index (κ1) is 20.3. The molecule has 1 aliphatic rings. The fourth-order valence-electron chi connectivity index (χ4n) is 2.52. The monoisotopic (exact) mass is 390 g/mol. The molecule has 0 bridgehead atoms. The molecule has 1 aliphatic heterocycles. The zero-order chi connectivity index (χ0) is 18.3. The average molecular weight is 391 g/mol. The zero-order valence-corrected chi connectivity index (χ0v) is 16.1. The second-order valence-corrected chi connectivity index (χ2v) is 9.84. The van der Waals surface area contributed by atoms with Crippen LogP contribution in [0.5, 0.6) is 0 Å². The number of unbranched alkanes of at least 4 members (excludes halogenated alkanes) is 1. The van der Waals surface area contributed by atoms with Crippen LogP contribution in [-0.4, -0.2) is 59.7 Å². The van der Waals surface area contributed by atoms with Gasteiger partial charge in [0.1, 0.15) is 0 Å². The van der Waals surface area contributed by atoms with Crippen LogP contribution in [0.25, 0.3) is 0 Å². The van der Waals surface area contributed by atoms with Crippen molar-refractivity contribution in [3.8, 4) is 0 Å². The lowest BCUT2D eigenvalue weighted by Gasteiger charge is -2.26. The topological polar surface area (TPSA) is 92.8 Å². The number of benzene rings is 1. The second-order valence-electron chi connectivity index (χ2n) is 5.98. The zero-order valence-electron chi connectivity index (χ0n) is 14.5. The normalized spacial score (nSPS) is 16.8. The van der Waals surface area contributed by atoms with E-state index in [1.807, 2.05) is 6.92 Å². The molecule has 7 nitrogen and oxygen atoms in total. The van der Waals surface area contributed by atoms with Crippen LogP contribution in [-0.2, 0) is 31.2 Å². The third-order valence-electron chi connectivity index (χ3n) is 4.03. The Kier molecular flexibility index (Phi) is 7.38. The molecule has 142 valence electrons. The summed E-state index contributed by atoms with van der Waals surface area (Å²) in [6, 6.07) is 6.61. The van der Waals surface area contributed by atoms with Crippen molar-refractivity contribution in [2.24, 2.45) is 0 Å². The molecule has 1 aromatic rings. The minimum absolute atomic E-state index is 0.139. The molecule has 9 heteroatoms. The first-order valence-electron chi connectivity index (χ1n) is 8.49. The lowest BCUT2D eigenvalue weighted by Crippen LogP contribution is -2.40. The highest BCUT2D eigenvalue weighted by atomic mass is 32.2. The van der Waals surface area contributed by atoms with Gasteiger partial charge in [0.25, 0.3) is 0 Å². The Bertz CT molecular complexity index is 739. The standard InChI is InChI=1S/C16H26N2O5S2/c1-2-3-14-24(19,20)17-9-8-15-4-6-16(7-5-15)25(21,22)18-10-12-23-13-11-18/h4-7,17H,2-3,8-14H2,1H3. The highest BCUT2D eigenvalue weighted by Gasteiger charge is 2.26. The predicted molar refractivity (Wildman–Crippen MR) is 96.4 cm³/mol. The van der Waals surface area contributed by atoms with E-state index in [1.54, 1.807) is 24.3 Å². The molecule has 0 saturated carbocycles. The smallest absolute Gasteiger partial charge is 0.243 e. The quantitative estimate of drug-likeness (QED) is 0.678. The van der Waals surface area contributed by atoms with E-state index in [0.29, 0.717) is 45.7 Å². The first-order chi connectivity index (χ1) is 11.8. The molecule has 1 heterocycles. The lowest BCUT2D eigenvalue weighted by atomic mass is 10.2. The third kappa shape index (κ3) is 6.03. The van der Waals surface area contributed by atoms with Gasteiger partial charge in [0, 0.05) is 19.6 Å². The van der Waals surface area contributed by atoms with Gasteiger partial charge in [0.05, 0.1) is 23.9 Å². The number of sulfonamides is 2. The van der Waals surface area contributed by atoms with E-state index in [9.17, 15) is 16.8 Å². The van der Waals surface area contributed by atoms with Gasteiger partial charge in [-0.15, -0.1) is 0 Å². The molecule has 2 rings (SSSR count). The van der Waals surface area contributed by atoms with Crippen molar-refractivity contribution < 1.29 is 21.6 Å². The van der Waals surface area contributed by atoms with Gasteiger partial charge in [-0.2, -0.15) is 4.31 Å². The third-order valence-corrected chi connectivity index (χ3v) is 7.42. The average Bonchev–Trinajstić information content (AvgIpc) is 2.61. The summed E-state index contributed by atoms with van der Waals surface area (Å²) in [4.78, 5) is 0.252. The summed E-state index contributed by atoms with van der Waals surface area (Å²) in [7, 11) is -6.72. The predicted octanol–water partition coefficient (Wildman–Crippen LogP) is 0.970. The van der Waals surface area contributed by atoms with E-state index < -0.39 is 20.0 Å². The van der Waals surface area contributed by atoms with Crippen LogP contribution in [0.1, 0.15) is 25.3 Å². The summed E-state index contributed by atoms with van der Waals surface area (Å²) in [6.07, 6.45) is 1.99. The van der Waals surface area contributed by atoms with Gasteiger partial charge in [-0.25, -0.2) is 21.6 Å². The van der Waals surface area contributed by atoms with Crippen molar-refractivity contribution in [3.63, 3.8) is 0 Å². The van der Waals surface area contributed by atoms with Crippen LogP contribution < -0.4 is 4.72 Å². The van der Waals surface area contributed by atoms with Crippen LogP contribution in [0, 0.1) is 0 Å². The van der Waals surface area contributed by atoms with Crippen LogP contribution in [0.3, 0.4) is 0 Å². The maximum atomic E-state index is 12.5. The Labute approximate surface area is 150 Å². The molecule has 25 heavy (non-hydrogen) atoms. The summed E-state index contributed by atoms with van der Waals surface area (Å²) in [5.74, 6) is 0.139. The number of ether oxygens (including phenoxy) is 1. The van der Waals surface area contributed by atoms with E-state index in [0.717, 1.165) is 12.0 Å². The van der Waals surface area contributed by atoms with E-state index in [2.05, 4.69) is 4.72 Å². The van der Waals surface area contributed by atoms with Crippen molar-refractivity contribution in [2.75, 3.05) is 38.6 Å². The number of nitrogens with zero attached hydrogens (tertiary/aromatic N) is 1. The van der Waals surface area contributed by atoms with Gasteiger partial charge in [0.15, 0.2) is 0 Å². The molecular weight excluding hydrogens is 364 g/mol. The fraction of sp³-hybridized carbons (Fsp3) is 0.625. The van der Waals surface area contributed by atoms with Crippen molar-refractivity contribution in [2.45, 2.75) is 31.1 Å². The number of morpholine rings is 1. The maximum absolute atomic E-state index is 12.5. The van der Waals surface area contributed by atoms with Gasteiger partial charge in [-0.3, -0.25) is 0 Å². The van der Waals surface area contributed by atoms with Crippen LogP contribution in [0.4, 0.5) is 0 Å². The van der Waals surface area contributed by atoms with Crippen molar-refractivity contribution in [1.82, 2.24) is 9.03 Å². The molecule has 0 aliphatic carbocycles. The second kappa shape index (κ2) is 9.09. The number of rotatable bonds is 9. The molecule has 0 atom stereocenters. The molecule has 1 N–H and O–H groups in total. The Morgan fingerprint density at radius 1 is 1.08 bits per heavy atom. The van der Waals surface area contributed by atoms with Crippen molar-refractivity contribution in [3.05, 3.63) is 29.8 Å². The van der Waals surface area contributed by atoms with Gasteiger partial charge >= 0.3 is 0 Å². The SMILES string of the molecule is CCCCS(=O)(=O)NCCc1ccc(S(=O)(=O)N2CCOCC2)cc1. The number of nitrogens with one attached hydrogen (secondary N) is 1. The molecular formula is C16H26N2O5S2. The highest BCUT2D eigenvalue weighted by Crippen LogP contribution is 2.17. The largest absolute Gasteiger partial charge is 0.379 e. The van der Waals surface area contributed by atoms with E-state index in [4.69, 9.17) is 4.74 Å². The number of hydrogen-bond donors (Lipinski definition) is 1. The lowest BCUT2D eigenvalue weighted by molar-refractivity contribution is 0.0730.